The molecule has 4 heteroatoms. The van der Waals surface area contributed by atoms with Gasteiger partial charge in [-0.3, -0.25) is 0 Å². The summed E-state index contributed by atoms with van der Waals surface area (Å²) in [6.07, 6.45) is 10.9. The Morgan fingerprint density at radius 2 is 1.55 bits per heavy atom. The predicted octanol–water partition coefficient (Wildman–Crippen LogP) is 4.59. The van der Waals surface area contributed by atoms with Crippen molar-refractivity contribution in [3.8, 4) is 22.9 Å². The van der Waals surface area contributed by atoms with Gasteiger partial charge >= 0.3 is 0 Å². The second-order valence-electron chi connectivity index (χ2n) is 5.41. The zero-order chi connectivity index (χ0) is 15.6. The monoisotopic (exact) mass is 300 g/mol. The number of phenolic OH excluding ortho intramolecular Hbond substituents is 1. The number of rotatable bonds is 9. The van der Waals surface area contributed by atoms with Crippen LogP contribution in [-0.2, 0) is 0 Å². The highest BCUT2D eigenvalue weighted by molar-refractivity contribution is 5.55. The Bertz CT molecular complexity index is 538. The van der Waals surface area contributed by atoms with E-state index < -0.39 is 0 Å². The van der Waals surface area contributed by atoms with E-state index in [2.05, 4.69) is 16.9 Å². The molecule has 0 radical (unpaired) electrons. The van der Waals surface area contributed by atoms with Crippen molar-refractivity contribution in [3.63, 3.8) is 0 Å². The number of unbranched alkanes of at least 4 members (excludes halogenated alkanes) is 5. The molecule has 0 atom stereocenters. The smallest absolute Gasteiger partial charge is 0.159 e. The van der Waals surface area contributed by atoms with Crippen molar-refractivity contribution in [3.05, 3.63) is 36.7 Å². The van der Waals surface area contributed by atoms with E-state index in [0.29, 0.717) is 18.2 Å². The number of ether oxygens (including phenoxy) is 1. The van der Waals surface area contributed by atoms with Crippen LogP contribution in [0.5, 0.6) is 11.5 Å². The lowest BCUT2D eigenvalue weighted by Gasteiger charge is -2.06. The SMILES string of the molecule is CCCCCCCCOc1cnc(-c2ccc(O)cc2)nc1. The molecule has 1 aromatic heterocycles. The highest BCUT2D eigenvalue weighted by Gasteiger charge is 2.02. The van der Waals surface area contributed by atoms with Crippen LogP contribution in [0.25, 0.3) is 11.4 Å². The minimum Gasteiger partial charge on any atom is -0.508 e. The third-order valence-corrected chi connectivity index (χ3v) is 3.52. The summed E-state index contributed by atoms with van der Waals surface area (Å²) in [5.41, 5.74) is 0.875. The zero-order valence-corrected chi connectivity index (χ0v) is 13.2. The van der Waals surface area contributed by atoms with Crippen LogP contribution in [0, 0.1) is 0 Å². The summed E-state index contributed by atoms with van der Waals surface area (Å²) in [5, 5.41) is 9.28. The van der Waals surface area contributed by atoms with Crippen LogP contribution in [0.4, 0.5) is 0 Å². The lowest BCUT2D eigenvalue weighted by Crippen LogP contribution is -1.99. The van der Waals surface area contributed by atoms with Gasteiger partial charge in [0.15, 0.2) is 11.6 Å². The van der Waals surface area contributed by atoms with Crippen molar-refractivity contribution >= 4 is 0 Å². The summed E-state index contributed by atoms with van der Waals surface area (Å²) in [6, 6.07) is 6.84. The Morgan fingerprint density at radius 3 is 2.23 bits per heavy atom. The van der Waals surface area contributed by atoms with Crippen LogP contribution in [0.1, 0.15) is 45.4 Å². The summed E-state index contributed by atoms with van der Waals surface area (Å²) in [4.78, 5) is 8.60. The van der Waals surface area contributed by atoms with Crippen molar-refractivity contribution in [2.24, 2.45) is 0 Å². The van der Waals surface area contributed by atoms with Gasteiger partial charge in [0.1, 0.15) is 5.75 Å². The Kier molecular flexibility index (Phi) is 6.68. The molecule has 0 amide bonds. The van der Waals surface area contributed by atoms with E-state index in [1.165, 1.54) is 32.1 Å². The van der Waals surface area contributed by atoms with Crippen LogP contribution in [0.2, 0.25) is 0 Å². The van der Waals surface area contributed by atoms with E-state index in [1.807, 2.05) is 0 Å². The molecule has 0 saturated heterocycles. The third kappa shape index (κ3) is 5.35. The fraction of sp³-hybridized carbons (Fsp3) is 0.444. The van der Waals surface area contributed by atoms with Gasteiger partial charge in [-0.15, -0.1) is 0 Å². The Morgan fingerprint density at radius 1 is 0.909 bits per heavy atom. The van der Waals surface area contributed by atoms with Gasteiger partial charge in [0, 0.05) is 5.56 Å². The fourth-order valence-corrected chi connectivity index (χ4v) is 2.22. The Balaban J connectivity index is 1.74. The van der Waals surface area contributed by atoms with E-state index in [-0.39, 0.29) is 5.75 Å². The first-order chi connectivity index (χ1) is 10.8. The number of nitrogens with zero attached hydrogens (tertiary/aromatic N) is 2. The molecule has 4 nitrogen and oxygen atoms in total. The molecule has 0 aliphatic heterocycles. The van der Waals surface area contributed by atoms with E-state index in [1.54, 1.807) is 36.7 Å². The lowest BCUT2D eigenvalue weighted by atomic mass is 10.1. The number of hydrogen-bond donors (Lipinski definition) is 1. The van der Waals surface area contributed by atoms with Gasteiger partial charge < -0.3 is 9.84 Å². The second kappa shape index (κ2) is 9.03. The molecule has 0 spiro atoms. The summed E-state index contributed by atoms with van der Waals surface area (Å²) < 4.78 is 5.66. The number of benzene rings is 1. The molecule has 0 unspecified atom stereocenters. The quantitative estimate of drug-likeness (QED) is 0.688. The molecule has 1 heterocycles. The molecule has 1 aromatic carbocycles. The Labute approximate surface area is 132 Å². The van der Waals surface area contributed by atoms with Gasteiger partial charge in [-0.2, -0.15) is 0 Å². The largest absolute Gasteiger partial charge is 0.508 e. The van der Waals surface area contributed by atoms with Crippen LogP contribution in [0.15, 0.2) is 36.7 Å². The molecule has 0 aliphatic carbocycles. The number of hydrogen-bond acceptors (Lipinski definition) is 4. The molecule has 0 aliphatic rings. The average molecular weight is 300 g/mol. The van der Waals surface area contributed by atoms with Crippen molar-refractivity contribution in [1.82, 2.24) is 9.97 Å². The van der Waals surface area contributed by atoms with E-state index in [4.69, 9.17) is 4.74 Å². The van der Waals surface area contributed by atoms with Gasteiger partial charge in [-0.1, -0.05) is 39.0 Å². The zero-order valence-electron chi connectivity index (χ0n) is 13.2. The molecule has 0 saturated carbocycles. The highest BCUT2D eigenvalue weighted by atomic mass is 16.5. The first kappa shape index (κ1) is 16.3. The van der Waals surface area contributed by atoms with Gasteiger partial charge in [0.25, 0.3) is 0 Å². The summed E-state index contributed by atoms with van der Waals surface area (Å²) >= 11 is 0. The minimum atomic E-state index is 0.239. The van der Waals surface area contributed by atoms with E-state index >= 15 is 0 Å². The van der Waals surface area contributed by atoms with Gasteiger partial charge in [-0.25, -0.2) is 9.97 Å². The minimum absolute atomic E-state index is 0.239. The topological polar surface area (TPSA) is 55.2 Å². The molecule has 22 heavy (non-hydrogen) atoms. The normalized spacial score (nSPS) is 10.6. The second-order valence-corrected chi connectivity index (χ2v) is 5.41. The maximum atomic E-state index is 9.28. The third-order valence-electron chi connectivity index (χ3n) is 3.52. The maximum Gasteiger partial charge on any atom is 0.159 e. The van der Waals surface area contributed by atoms with Crippen LogP contribution in [0.3, 0.4) is 0 Å². The first-order valence-corrected chi connectivity index (χ1v) is 8.04. The molecule has 118 valence electrons. The standard InChI is InChI=1S/C18H24N2O2/c1-2-3-4-5-6-7-12-22-17-13-19-18(20-14-17)15-8-10-16(21)11-9-15/h8-11,13-14,21H,2-7,12H2,1H3. The van der Waals surface area contributed by atoms with Crippen LogP contribution < -0.4 is 4.74 Å². The lowest BCUT2D eigenvalue weighted by molar-refractivity contribution is 0.302. The van der Waals surface area contributed by atoms with Gasteiger partial charge in [0.05, 0.1) is 19.0 Å². The van der Waals surface area contributed by atoms with Gasteiger partial charge in [-0.05, 0) is 30.7 Å². The Hall–Kier alpha value is -2.10. The summed E-state index contributed by atoms with van der Waals surface area (Å²) in [6.45, 7) is 2.94. The van der Waals surface area contributed by atoms with Crippen molar-refractivity contribution in [1.29, 1.82) is 0 Å². The maximum absolute atomic E-state index is 9.28. The van der Waals surface area contributed by atoms with E-state index in [9.17, 15) is 5.11 Å². The highest BCUT2D eigenvalue weighted by Crippen LogP contribution is 2.19. The van der Waals surface area contributed by atoms with Crippen LogP contribution in [-0.4, -0.2) is 21.7 Å². The molecule has 0 fully saturated rings. The molecule has 2 aromatic rings. The number of aromatic nitrogens is 2. The van der Waals surface area contributed by atoms with Gasteiger partial charge in [0.2, 0.25) is 0 Å². The van der Waals surface area contributed by atoms with Crippen molar-refractivity contribution < 1.29 is 9.84 Å². The molecule has 2 rings (SSSR count). The van der Waals surface area contributed by atoms with Crippen molar-refractivity contribution in [2.75, 3.05) is 6.61 Å². The molecule has 0 bridgehead atoms. The average Bonchev–Trinajstić information content (AvgIpc) is 2.55. The number of phenols is 1. The summed E-state index contributed by atoms with van der Waals surface area (Å²) in [7, 11) is 0. The number of aromatic hydroxyl groups is 1. The van der Waals surface area contributed by atoms with E-state index in [0.717, 1.165) is 12.0 Å². The molecule has 1 N–H and O–H groups in total. The first-order valence-electron chi connectivity index (χ1n) is 8.04. The predicted molar refractivity (Wildman–Crippen MR) is 88.0 cm³/mol. The fourth-order valence-electron chi connectivity index (χ4n) is 2.22. The van der Waals surface area contributed by atoms with Crippen molar-refractivity contribution in [2.45, 2.75) is 45.4 Å². The molecular weight excluding hydrogens is 276 g/mol. The molecular formula is C18H24N2O2. The van der Waals surface area contributed by atoms with Crippen LogP contribution >= 0.6 is 0 Å². The summed E-state index contributed by atoms with van der Waals surface area (Å²) in [5.74, 6) is 1.57.